The summed E-state index contributed by atoms with van der Waals surface area (Å²) in [7, 11) is 1.66. The van der Waals surface area contributed by atoms with Gasteiger partial charge in [0.2, 0.25) is 5.91 Å². The number of para-hydroxylation sites is 1. The van der Waals surface area contributed by atoms with Crippen LogP contribution in [0.1, 0.15) is 48.5 Å². The minimum absolute atomic E-state index is 0.0669. The fourth-order valence-electron chi connectivity index (χ4n) is 5.50. The van der Waals surface area contributed by atoms with Gasteiger partial charge in [0.15, 0.2) is 0 Å². The highest BCUT2D eigenvalue weighted by Gasteiger charge is 2.55. The van der Waals surface area contributed by atoms with Gasteiger partial charge in [-0.05, 0) is 54.3 Å². The predicted molar refractivity (Wildman–Crippen MR) is 142 cm³/mol. The van der Waals surface area contributed by atoms with Crippen LogP contribution in [0, 0.1) is 5.92 Å². The van der Waals surface area contributed by atoms with Gasteiger partial charge < -0.3 is 19.5 Å². The minimum atomic E-state index is -0.383. The molecule has 2 saturated heterocycles. The molecule has 4 atom stereocenters. The van der Waals surface area contributed by atoms with Crippen molar-refractivity contribution in [3.05, 3.63) is 89.5 Å². The summed E-state index contributed by atoms with van der Waals surface area (Å²) in [6.45, 7) is 3.43. The van der Waals surface area contributed by atoms with E-state index in [1.807, 2.05) is 59.5 Å². The number of unbranched alkanes of at least 4 members (excludes halogenated alkanes) is 1. The number of methoxy groups -OCH3 is 1. The molecule has 0 bridgehead atoms. The molecule has 3 aromatic rings. The van der Waals surface area contributed by atoms with Crippen molar-refractivity contribution in [1.29, 1.82) is 0 Å². The molecule has 0 saturated carbocycles. The van der Waals surface area contributed by atoms with Crippen LogP contribution in [0.2, 0.25) is 0 Å². The molecule has 2 aliphatic rings. The Morgan fingerprint density at radius 3 is 2.32 bits per heavy atom. The molecule has 4 unspecified atom stereocenters. The quantitative estimate of drug-likeness (QED) is 0.354. The molecule has 5 rings (SSSR count). The summed E-state index contributed by atoms with van der Waals surface area (Å²) < 4.78 is 11.2. The Hall–Kier alpha value is -3.55. The minimum Gasteiger partial charge on any atom is -0.508 e. The number of rotatable bonds is 10. The number of hydrogen-bond donors (Lipinski definition) is 3. The lowest BCUT2D eigenvalue weighted by Crippen LogP contribution is -2.42. The predicted octanol–water partition coefficient (Wildman–Crippen LogP) is 4.54. The van der Waals surface area contributed by atoms with E-state index in [4.69, 9.17) is 9.47 Å². The molecule has 0 spiro atoms. The second kappa shape index (κ2) is 11.2. The van der Waals surface area contributed by atoms with Crippen molar-refractivity contribution in [2.75, 3.05) is 20.3 Å². The summed E-state index contributed by atoms with van der Waals surface area (Å²) in [4.78, 5) is 15.7. The van der Waals surface area contributed by atoms with Gasteiger partial charge in [-0.3, -0.25) is 4.79 Å². The van der Waals surface area contributed by atoms with Gasteiger partial charge in [-0.15, -0.1) is 0 Å². The Morgan fingerprint density at radius 1 is 0.919 bits per heavy atom. The van der Waals surface area contributed by atoms with Crippen LogP contribution in [0.5, 0.6) is 17.2 Å². The molecule has 3 aromatic carbocycles. The Kier molecular flexibility index (Phi) is 7.63. The molecule has 0 radical (unpaired) electrons. The zero-order valence-electron chi connectivity index (χ0n) is 21.4. The number of nitrogens with zero attached hydrogens (tertiary/aromatic N) is 1. The highest BCUT2D eigenvalue weighted by molar-refractivity contribution is 5.86. The van der Waals surface area contributed by atoms with Crippen molar-refractivity contribution in [2.24, 2.45) is 5.92 Å². The molecule has 1 amide bonds. The largest absolute Gasteiger partial charge is 0.508 e. The highest BCUT2D eigenvalue weighted by Crippen LogP contribution is 2.48. The van der Waals surface area contributed by atoms with Gasteiger partial charge in [0.25, 0.3) is 0 Å². The van der Waals surface area contributed by atoms with E-state index < -0.39 is 0 Å². The summed E-state index contributed by atoms with van der Waals surface area (Å²) >= 11 is 0. The van der Waals surface area contributed by atoms with E-state index in [2.05, 4.69) is 29.9 Å². The SMILES string of the molecule is CCCCOc1ccc(C2C3C(NNC3c3ccccc3O)C(=O)N2CCc2ccc(OC)cc2)cc1. The van der Waals surface area contributed by atoms with Crippen LogP contribution < -0.4 is 20.3 Å². The van der Waals surface area contributed by atoms with Gasteiger partial charge in [-0.25, -0.2) is 10.9 Å². The number of amides is 1. The number of hydrazine groups is 1. The van der Waals surface area contributed by atoms with Crippen LogP contribution in [0.3, 0.4) is 0 Å². The summed E-state index contributed by atoms with van der Waals surface area (Å²) in [6, 6.07) is 22.7. The second-order valence-electron chi connectivity index (χ2n) is 9.73. The number of likely N-dealkylation sites (tertiary alicyclic amines) is 1. The number of fused-ring (bicyclic) bond motifs is 1. The third-order valence-electron chi connectivity index (χ3n) is 7.47. The number of benzene rings is 3. The van der Waals surface area contributed by atoms with E-state index in [0.717, 1.165) is 47.5 Å². The van der Waals surface area contributed by atoms with Crippen LogP contribution >= 0.6 is 0 Å². The lowest BCUT2D eigenvalue weighted by Gasteiger charge is -2.31. The topological polar surface area (TPSA) is 83.1 Å². The molecular formula is C30H35N3O4. The maximum absolute atomic E-state index is 13.7. The second-order valence-corrected chi connectivity index (χ2v) is 9.73. The number of nitrogens with one attached hydrogen (secondary N) is 2. The van der Waals surface area contributed by atoms with Crippen molar-refractivity contribution in [3.8, 4) is 17.2 Å². The number of ether oxygens (including phenoxy) is 2. The van der Waals surface area contributed by atoms with Crippen molar-refractivity contribution in [1.82, 2.24) is 15.8 Å². The average molecular weight is 502 g/mol. The Bertz CT molecular complexity index is 1200. The summed E-state index contributed by atoms with van der Waals surface area (Å²) in [5.74, 6) is 1.85. The molecule has 2 heterocycles. The van der Waals surface area contributed by atoms with E-state index >= 15 is 0 Å². The van der Waals surface area contributed by atoms with E-state index in [1.54, 1.807) is 13.2 Å². The van der Waals surface area contributed by atoms with E-state index in [9.17, 15) is 9.90 Å². The van der Waals surface area contributed by atoms with Crippen LogP contribution in [0.4, 0.5) is 0 Å². The van der Waals surface area contributed by atoms with E-state index in [0.29, 0.717) is 13.2 Å². The number of phenols is 1. The number of aromatic hydroxyl groups is 1. The van der Waals surface area contributed by atoms with Gasteiger partial charge in [-0.1, -0.05) is 55.8 Å². The van der Waals surface area contributed by atoms with Crippen LogP contribution in [0.25, 0.3) is 0 Å². The van der Waals surface area contributed by atoms with Crippen molar-refractivity contribution < 1.29 is 19.4 Å². The first-order valence-electron chi connectivity index (χ1n) is 13.1. The normalized spacial score (nSPS) is 22.8. The summed E-state index contributed by atoms with van der Waals surface area (Å²) in [6.07, 6.45) is 2.84. The summed E-state index contributed by atoms with van der Waals surface area (Å²) in [5.41, 5.74) is 9.54. The third kappa shape index (κ3) is 5.15. The monoisotopic (exact) mass is 501 g/mol. The zero-order valence-corrected chi connectivity index (χ0v) is 21.4. The first-order chi connectivity index (χ1) is 18.1. The maximum atomic E-state index is 13.7. The fraction of sp³-hybridized carbons (Fsp3) is 0.367. The average Bonchev–Trinajstić information content (AvgIpc) is 3.47. The first kappa shape index (κ1) is 25.1. The van der Waals surface area contributed by atoms with Gasteiger partial charge in [0.1, 0.15) is 23.3 Å². The third-order valence-corrected chi connectivity index (χ3v) is 7.47. The van der Waals surface area contributed by atoms with E-state index in [1.165, 1.54) is 0 Å². The molecule has 0 aromatic heterocycles. The van der Waals surface area contributed by atoms with Gasteiger partial charge in [0, 0.05) is 18.0 Å². The van der Waals surface area contributed by atoms with Crippen LogP contribution in [-0.2, 0) is 11.2 Å². The molecule has 7 heteroatoms. The Labute approximate surface area is 218 Å². The van der Waals surface area contributed by atoms with Crippen molar-refractivity contribution >= 4 is 5.91 Å². The molecule has 0 aliphatic carbocycles. The summed E-state index contributed by atoms with van der Waals surface area (Å²) in [5, 5.41) is 10.6. The lowest BCUT2D eigenvalue weighted by atomic mass is 9.83. The van der Waals surface area contributed by atoms with Gasteiger partial charge in [-0.2, -0.15) is 0 Å². The van der Waals surface area contributed by atoms with Crippen molar-refractivity contribution in [3.63, 3.8) is 0 Å². The standard InChI is InChI=1S/C30H35N3O4/c1-3-4-19-37-23-15-11-21(12-16-23)29-26-27(24-7-5-6-8-25(24)34)31-32-28(26)30(35)33(29)18-17-20-9-13-22(36-2)14-10-20/h5-16,26-29,31-32,34H,3-4,17-19H2,1-2H3. The molecule has 194 valence electrons. The smallest absolute Gasteiger partial charge is 0.242 e. The Balaban J connectivity index is 1.44. The van der Waals surface area contributed by atoms with Gasteiger partial charge in [0.05, 0.1) is 25.8 Å². The van der Waals surface area contributed by atoms with Crippen LogP contribution in [0.15, 0.2) is 72.8 Å². The van der Waals surface area contributed by atoms with E-state index in [-0.39, 0.29) is 35.7 Å². The molecule has 2 fully saturated rings. The number of carbonyl (C=O) groups is 1. The first-order valence-corrected chi connectivity index (χ1v) is 13.1. The number of phenolic OH excluding ortho intramolecular Hbond substituents is 1. The van der Waals surface area contributed by atoms with Crippen LogP contribution in [-0.4, -0.2) is 42.2 Å². The zero-order chi connectivity index (χ0) is 25.8. The Morgan fingerprint density at radius 2 is 1.62 bits per heavy atom. The molecule has 2 aliphatic heterocycles. The molecule has 7 nitrogen and oxygen atoms in total. The number of carbonyl (C=O) groups excluding carboxylic acids is 1. The van der Waals surface area contributed by atoms with Gasteiger partial charge >= 0.3 is 0 Å². The highest BCUT2D eigenvalue weighted by atomic mass is 16.5. The fourth-order valence-corrected chi connectivity index (χ4v) is 5.50. The number of hydrogen-bond acceptors (Lipinski definition) is 6. The van der Waals surface area contributed by atoms with Crippen molar-refractivity contribution in [2.45, 2.75) is 44.3 Å². The lowest BCUT2D eigenvalue weighted by molar-refractivity contribution is -0.130. The molecule has 37 heavy (non-hydrogen) atoms. The maximum Gasteiger partial charge on any atom is 0.242 e. The molecule has 3 N–H and O–H groups in total. The molecular weight excluding hydrogens is 466 g/mol.